The maximum absolute atomic E-state index is 12.6. The van der Waals surface area contributed by atoms with Gasteiger partial charge in [0.1, 0.15) is 0 Å². The van der Waals surface area contributed by atoms with E-state index in [0.717, 1.165) is 12.1 Å². The Labute approximate surface area is 155 Å². The van der Waals surface area contributed by atoms with Gasteiger partial charge in [-0.1, -0.05) is 0 Å². The molecule has 1 atom stereocenters. The quantitative estimate of drug-likeness (QED) is 0.859. The second-order valence-corrected chi connectivity index (χ2v) is 6.49. The number of piperidine rings is 1. The number of carbonyl (C=O) groups excluding carboxylic acids is 1. The predicted octanol–water partition coefficient (Wildman–Crippen LogP) is 3.03. The van der Waals surface area contributed by atoms with Crippen LogP contribution in [0.4, 0.5) is 18.9 Å². The normalized spacial score (nSPS) is 22.3. The lowest BCUT2D eigenvalue weighted by Crippen LogP contribution is -2.46. The highest BCUT2D eigenvalue weighted by Crippen LogP contribution is 2.32. The number of alkyl halides is 3. The number of likely N-dealkylation sites (tertiary alicyclic amines) is 1. The molecule has 2 aliphatic heterocycles. The van der Waals surface area contributed by atoms with Gasteiger partial charge >= 0.3 is 12.1 Å². The summed E-state index contributed by atoms with van der Waals surface area (Å²) in [7, 11) is 0. The summed E-state index contributed by atoms with van der Waals surface area (Å²) in [6, 6.07) is 4.28. The van der Waals surface area contributed by atoms with E-state index in [0.29, 0.717) is 44.6 Å². The van der Waals surface area contributed by atoms with Crippen molar-refractivity contribution in [2.24, 2.45) is 5.92 Å². The third-order valence-corrected chi connectivity index (χ3v) is 5.00. The molecule has 1 unspecified atom stereocenters. The van der Waals surface area contributed by atoms with Crippen LogP contribution in [0.25, 0.3) is 0 Å². The standard InChI is InChI=1S/C17H19F3N2O3.ClH/c18-17(19,20)12-1-3-13(4-2-12)22-10-7-14(15(22)23)21-8-5-11(6-9-21)16(24)25;/h1-4,11,14H,5-10H2,(H,24,25);1H. The van der Waals surface area contributed by atoms with E-state index in [1.165, 1.54) is 17.0 Å². The van der Waals surface area contributed by atoms with Gasteiger partial charge in [0.15, 0.2) is 0 Å². The van der Waals surface area contributed by atoms with E-state index in [1.54, 1.807) is 0 Å². The van der Waals surface area contributed by atoms with Crippen LogP contribution in [0.1, 0.15) is 24.8 Å². The average molecular weight is 393 g/mol. The molecule has 144 valence electrons. The summed E-state index contributed by atoms with van der Waals surface area (Å²) in [4.78, 5) is 27.2. The minimum Gasteiger partial charge on any atom is -0.481 e. The van der Waals surface area contributed by atoms with Crippen LogP contribution in [0.5, 0.6) is 0 Å². The van der Waals surface area contributed by atoms with Gasteiger partial charge in [0.05, 0.1) is 17.5 Å². The van der Waals surface area contributed by atoms with Gasteiger partial charge < -0.3 is 10.0 Å². The number of rotatable bonds is 3. The Bertz CT molecular complexity index is 658. The molecule has 0 radical (unpaired) electrons. The Morgan fingerprint density at radius 3 is 2.12 bits per heavy atom. The van der Waals surface area contributed by atoms with Crippen molar-refractivity contribution in [3.8, 4) is 0 Å². The number of carboxylic acids is 1. The number of hydrogen-bond acceptors (Lipinski definition) is 3. The molecule has 5 nitrogen and oxygen atoms in total. The molecule has 0 spiro atoms. The smallest absolute Gasteiger partial charge is 0.416 e. The first-order valence-corrected chi connectivity index (χ1v) is 8.23. The average Bonchev–Trinajstić information content (AvgIpc) is 2.96. The van der Waals surface area contributed by atoms with Crippen LogP contribution in [-0.4, -0.2) is 47.6 Å². The van der Waals surface area contributed by atoms with Crippen molar-refractivity contribution in [2.75, 3.05) is 24.5 Å². The SMILES string of the molecule is Cl.O=C(O)C1CCN(C2CCN(c3ccc(C(F)(F)F)cc3)C2=O)CC1. The van der Waals surface area contributed by atoms with E-state index < -0.39 is 17.7 Å². The van der Waals surface area contributed by atoms with Gasteiger partial charge in [-0.3, -0.25) is 14.5 Å². The van der Waals surface area contributed by atoms with E-state index in [1.807, 2.05) is 4.90 Å². The van der Waals surface area contributed by atoms with Gasteiger partial charge in [-0.15, -0.1) is 12.4 Å². The van der Waals surface area contributed by atoms with E-state index >= 15 is 0 Å². The Hall–Kier alpha value is -1.80. The minimum atomic E-state index is -4.40. The van der Waals surface area contributed by atoms with Crippen molar-refractivity contribution in [3.63, 3.8) is 0 Å². The number of amides is 1. The molecule has 2 saturated heterocycles. The summed E-state index contributed by atoms with van der Waals surface area (Å²) in [5, 5.41) is 9.04. The Morgan fingerprint density at radius 2 is 1.62 bits per heavy atom. The zero-order valence-electron chi connectivity index (χ0n) is 13.9. The van der Waals surface area contributed by atoms with E-state index in [4.69, 9.17) is 5.11 Å². The molecule has 1 N–H and O–H groups in total. The first-order valence-electron chi connectivity index (χ1n) is 8.23. The predicted molar refractivity (Wildman–Crippen MR) is 91.4 cm³/mol. The second-order valence-electron chi connectivity index (χ2n) is 6.49. The number of carboxylic acid groups (broad SMARTS) is 1. The Morgan fingerprint density at radius 1 is 1.04 bits per heavy atom. The number of benzene rings is 1. The summed E-state index contributed by atoms with van der Waals surface area (Å²) < 4.78 is 37.9. The first-order chi connectivity index (χ1) is 11.8. The van der Waals surface area contributed by atoms with Crippen LogP contribution in [0.15, 0.2) is 24.3 Å². The fraction of sp³-hybridized carbons (Fsp3) is 0.529. The number of nitrogens with zero attached hydrogens (tertiary/aromatic N) is 2. The maximum Gasteiger partial charge on any atom is 0.416 e. The molecule has 0 saturated carbocycles. The molecule has 2 fully saturated rings. The highest BCUT2D eigenvalue weighted by atomic mass is 35.5. The Balaban J connectivity index is 0.00000243. The van der Waals surface area contributed by atoms with Crippen LogP contribution in [0.2, 0.25) is 0 Å². The van der Waals surface area contributed by atoms with Crippen LogP contribution in [0.3, 0.4) is 0 Å². The zero-order valence-corrected chi connectivity index (χ0v) is 14.7. The molecule has 0 aromatic heterocycles. The topological polar surface area (TPSA) is 60.9 Å². The summed E-state index contributed by atoms with van der Waals surface area (Å²) in [5.74, 6) is -1.30. The lowest BCUT2D eigenvalue weighted by molar-refractivity contribution is -0.143. The van der Waals surface area contributed by atoms with Crippen molar-refractivity contribution in [3.05, 3.63) is 29.8 Å². The van der Waals surface area contributed by atoms with Crippen molar-refractivity contribution in [2.45, 2.75) is 31.5 Å². The molecule has 1 aromatic rings. The molecule has 9 heteroatoms. The van der Waals surface area contributed by atoms with Crippen LogP contribution >= 0.6 is 12.4 Å². The molecule has 0 bridgehead atoms. The summed E-state index contributed by atoms with van der Waals surface area (Å²) in [6.07, 6.45) is -2.78. The largest absolute Gasteiger partial charge is 0.481 e. The molecular formula is C17H20ClF3N2O3. The molecule has 1 aromatic carbocycles. The summed E-state index contributed by atoms with van der Waals surface area (Å²) in [5.41, 5.74) is -0.281. The fourth-order valence-electron chi connectivity index (χ4n) is 3.55. The number of halogens is 4. The van der Waals surface area contributed by atoms with E-state index in [9.17, 15) is 22.8 Å². The molecule has 2 aliphatic rings. The number of hydrogen-bond donors (Lipinski definition) is 1. The molecule has 0 aliphatic carbocycles. The molecule has 3 rings (SSSR count). The van der Waals surface area contributed by atoms with Crippen molar-refractivity contribution < 1.29 is 27.9 Å². The van der Waals surface area contributed by atoms with Gasteiger partial charge in [-0.2, -0.15) is 13.2 Å². The third kappa shape index (κ3) is 4.12. The third-order valence-electron chi connectivity index (χ3n) is 5.00. The monoisotopic (exact) mass is 392 g/mol. The van der Waals surface area contributed by atoms with Crippen molar-refractivity contribution in [1.29, 1.82) is 0 Å². The summed E-state index contributed by atoms with van der Waals surface area (Å²) in [6.45, 7) is 1.55. The van der Waals surface area contributed by atoms with Gasteiger partial charge in [-0.25, -0.2) is 0 Å². The highest BCUT2D eigenvalue weighted by molar-refractivity contribution is 5.99. The lowest BCUT2D eigenvalue weighted by Gasteiger charge is -2.33. The minimum absolute atomic E-state index is 0. The lowest BCUT2D eigenvalue weighted by atomic mass is 9.96. The van der Waals surface area contributed by atoms with Crippen molar-refractivity contribution in [1.82, 2.24) is 4.90 Å². The van der Waals surface area contributed by atoms with E-state index in [-0.39, 0.29) is 30.3 Å². The van der Waals surface area contributed by atoms with Crippen LogP contribution < -0.4 is 4.90 Å². The molecular weight excluding hydrogens is 373 g/mol. The molecule has 1 amide bonds. The summed E-state index contributed by atoms with van der Waals surface area (Å²) >= 11 is 0. The van der Waals surface area contributed by atoms with Gasteiger partial charge in [0.2, 0.25) is 5.91 Å². The van der Waals surface area contributed by atoms with Crippen molar-refractivity contribution >= 4 is 30.0 Å². The van der Waals surface area contributed by atoms with Crippen LogP contribution in [0, 0.1) is 5.92 Å². The van der Waals surface area contributed by atoms with Crippen LogP contribution in [-0.2, 0) is 15.8 Å². The second kappa shape index (κ2) is 7.84. The number of aliphatic carboxylic acids is 1. The number of anilines is 1. The Kier molecular flexibility index (Phi) is 6.18. The van der Waals surface area contributed by atoms with Gasteiger partial charge in [-0.05, 0) is 56.6 Å². The molecule has 26 heavy (non-hydrogen) atoms. The first kappa shape index (κ1) is 20.5. The molecule has 2 heterocycles. The van der Waals surface area contributed by atoms with E-state index in [2.05, 4.69) is 0 Å². The number of carbonyl (C=O) groups is 2. The fourth-order valence-corrected chi connectivity index (χ4v) is 3.55. The zero-order chi connectivity index (χ0) is 18.2. The van der Waals surface area contributed by atoms with Gasteiger partial charge in [0, 0.05) is 12.2 Å². The maximum atomic E-state index is 12.6. The highest BCUT2D eigenvalue weighted by Gasteiger charge is 2.39. The van der Waals surface area contributed by atoms with Gasteiger partial charge in [0.25, 0.3) is 0 Å².